The number of methoxy groups -OCH3 is 1. The number of nitrogens with one attached hydrogen (secondary N) is 1. The predicted octanol–water partition coefficient (Wildman–Crippen LogP) is 4.97. The summed E-state index contributed by atoms with van der Waals surface area (Å²) in [7, 11) is 1.60. The summed E-state index contributed by atoms with van der Waals surface area (Å²) in [5.74, 6) is 0.617. The van der Waals surface area contributed by atoms with Crippen LogP contribution < -0.4 is 10.1 Å². The van der Waals surface area contributed by atoms with Gasteiger partial charge in [-0.1, -0.05) is 42.5 Å². The van der Waals surface area contributed by atoms with Crippen molar-refractivity contribution < 1.29 is 9.53 Å². The lowest BCUT2D eigenvalue weighted by molar-refractivity contribution is -0.115. The van der Waals surface area contributed by atoms with E-state index in [1.54, 1.807) is 18.9 Å². The molecule has 1 atom stereocenters. The zero-order valence-corrected chi connectivity index (χ0v) is 14.5. The van der Waals surface area contributed by atoms with Crippen molar-refractivity contribution in [2.24, 2.45) is 0 Å². The number of amides is 1. The summed E-state index contributed by atoms with van der Waals surface area (Å²) < 4.78 is 5.27. The summed E-state index contributed by atoms with van der Waals surface area (Å²) in [5, 5.41) is 5.10. The second-order valence-electron chi connectivity index (χ2n) is 5.46. The maximum absolute atomic E-state index is 12.5. The Bertz CT molecular complexity index is 863. The zero-order valence-electron chi connectivity index (χ0n) is 13.7. The summed E-state index contributed by atoms with van der Waals surface area (Å²) in [6.45, 7) is 1.91. The fourth-order valence-corrected chi connectivity index (χ4v) is 3.40. The molecule has 1 N–H and O–H groups in total. The summed E-state index contributed by atoms with van der Waals surface area (Å²) in [5.41, 5.74) is 0.691. The van der Waals surface area contributed by atoms with Crippen LogP contribution in [-0.4, -0.2) is 18.3 Å². The molecule has 122 valence electrons. The van der Waals surface area contributed by atoms with Crippen molar-refractivity contribution in [1.82, 2.24) is 0 Å². The molecular formula is C20H19NO2S. The Kier molecular flexibility index (Phi) is 5.06. The van der Waals surface area contributed by atoms with Gasteiger partial charge in [0.05, 0.1) is 18.0 Å². The van der Waals surface area contributed by atoms with E-state index >= 15 is 0 Å². The van der Waals surface area contributed by atoms with Crippen LogP contribution in [0.1, 0.15) is 6.92 Å². The van der Waals surface area contributed by atoms with Crippen LogP contribution in [0.25, 0.3) is 10.8 Å². The fourth-order valence-electron chi connectivity index (χ4n) is 2.48. The number of hydrogen-bond acceptors (Lipinski definition) is 3. The van der Waals surface area contributed by atoms with Gasteiger partial charge in [0.2, 0.25) is 5.91 Å². The highest BCUT2D eigenvalue weighted by molar-refractivity contribution is 8.00. The van der Waals surface area contributed by atoms with Gasteiger partial charge in [0, 0.05) is 4.90 Å². The van der Waals surface area contributed by atoms with Crippen molar-refractivity contribution in [3.63, 3.8) is 0 Å². The number of para-hydroxylation sites is 2. The number of carbonyl (C=O) groups excluding carboxylic acids is 1. The monoisotopic (exact) mass is 337 g/mol. The maximum atomic E-state index is 12.5. The third kappa shape index (κ3) is 3.71. The summed E-state index contributed by atoms with van der Waals surface area (Å²) in [6.07, 6.45) is 0. The molecule has 0 unspecified atom stereocenters. The number of carbonyl (C=O) groups is 1. The van der Waals surface area contributed by atoms with Crippen LogP contribution in [-0.2, 0) is 4.79 Å². The van der Waals surface area contributed by atoms with Crippen molar-refractivity contribution in [2.75, 3.05) is 12.4 Å². The summed E-state index contributed by atoms with van der Waals surface area (Å²) >= 11 is 1.55. The zero-order chi connectivity index (χ0) is 16.9. The minimum atomic E-state index is -0.212. The van der Waals surface area contributed by atoms with Crippen LogP contribution in [0.5, 0.6) is 5.75 Å². The highest BCUT2D eigenvalue weighted by atomic mass is 32.2. The maximum Gasteiger partial charge on any atom is 0.237 e. The van der Waals surface area contributed by atoms with Gasteiger partial charge in [-0.2, -0.15) is 0 Å². The molecule has 1 amide bonds. The molecule has 0 aliphatic carbocycles. The fraction of sp³-hybridized carbons (Fsp3) is 0.150. The second kappa shape index (κ2) is 7.41. The lowest BCUT2D eigenvalue weighted by atomic mass is 10.1. The molecule has 3 aromatic carbocycles. The molecule has 3 aromatic rings. The van der Waals surface area contributed by atoms with Gasteiger partial charge < -0.3 is 10.1 Å². The van der Waals surface area contributed by atoms with E-state index < -0.39 is 0 Å². The van der Waals surface area contributed by atoms with Crippen LogP contribution in [0.3, 0.4) is 0 Å². The summed E-state index contributed by atoms with van der Waals surface area (Å²) in [4.78, 5) is 13.5. The van der Waals surface area contributed by atoms with Crippen molar-refractivity contribution in [2.45, 2.75) is 17.1 Å². The van der Waals surface area contributed by atoms with E-state index in [0.29, 0.717) is 11.4 Å². The van der Waals surface area contributed by atoms with Crippen molar-refractivity contribution >= 4 is 34.1 Å². The SMILES string of the molecule is COc1ccccc1NC(=O)[C@H](C)Sc1ccc2ccccc2c1. The molecule has 0 aliphatic rings. The van der Waals surface area contributed by atoms with Crippen LogP contribution in [0.15, 0.2) is 71.6 Å². The normalized spacial score (nSPS) is 11.9. The standard InChI is InChI=1S/C20H19NO2S/c1-14(20(22)21-18-9-5-6-10-19(18)23-2)24-17-12-11-15-7-3-4-8-16(15)13-17/h3-14H,1-2H3,(H,21,22)/t14-/m0/s1. The molecule has 0 aromatic heterocycles. The highest BCUT2D eigenvalue weighted by Gasteiger charge is 2.16. The topological polar surface area (TPSA) is 38.3 Å². The van der Waals surface area contributed by atoms with E-state index in [-0.39, 0.29) is 11.2 Å². The van der Waals surface area contributed by atoms with Crippen LogP contribution in [0.2, 0.25) is 0 Å². The first-order chi connectivity index (χ1) is 11.7. The number of benzene rings is 3. The second-order valence-corrected chi connectivity index (χ2v) is 6.87. The third-order valence-electron chi connectivity index (χ3n) is 3.77. The van der Waals surface area contributed by atoms with Gasteiger partial charge >= 0.3 is 0 Å². The molecule has 0 fully saturated rings. The van der Waals surface area contributed by atoms with Crippen molar-refractivity contribution in [3.05, 3.63) is 66.7 Å². The Morgan fingerprint density at radius 2 is 1.71 bits per heavy atom. The number of hydrogen-bond donors (Lipinski definition) is 1. The molecule has 24 heavy (non-hydrogen) atoms. The van der Waals surface area contributed by atoms with Gasteiger partial charge in [-0.15, -0.1) is 11.8 Å². The Morgan fingerprint density at radius 1 is 1.00 bits per heavy atom. The lowest BCUT2D eigenvalue weighted by Gasteiger charge is -2.14. The van der Waals surface area contributed by atoms with E-state index in [9.17, 15) is 4.79 Å². The Hall–Kier alpha value is -2.46. The molecule has 0 radical (unpaired) electrons. The minimum absolute atomic E-state index is 0.0438. The van der Waals surface area contributed by atoms with Crippen LogP contribution >= 0.6 is 11.8 Å². The number of rotatable bonds is 5. The molecule has 0 spiro atoms. The predicted molar refractivity (Wildman–Crippen MR) is 101 cm³/mol. The molecule has 3 rings (SSSR count). The van der Waals surface area contributed by atoms with Gasteiger partial charge in [-0.05, 0) is 42.0 Å². The average molecular weight is 337 g/mol. The molecule has 4 heteroatoms. The number of ether oxygens (including phenoxy) is 1. The largest absolute Gasteiger partial charge is 0.495 e. The van der Waals surface area contributed by atoms with Gasteiger partial charge in [-0.3, -0.25) is 4.79 Å². The minimum Gasteiger partial charge on any atom is -0.495 e. The average Bonchev–Trinajstić information content (AvgIpc) is 2.62. The number of fused-ring (bicyclic) bond motifs is 1. The Balaban J connectivity index is 1.71. The van der Waals surface area contributed by atoms with E-state index in [1.165, 1.54) is 10.8 Å². The van der Waals surface area contributed by atoms with Crippen LogP contribution in [0.4, 0.5) is 5.69 Å². The van der Waals surface area contributed by atoms with Crippen molar-refractivity contribution in [3.8, 4) is 5.75 Å². The van der Waals surface area contributed by atoms with E-state index in [0.717, 1.165) is 4.90 Å². The first-order valence-corrected chi connectivity index (χ1v) is 8.64. The number of thioether (sulfide) groups is 1. The first kappa shape index (κ1) is 16.4. The quantitative estimate of drug-likeness (QED) is 0.668. The van der Waals surface area contributed by atoms with Gasteiger partial charge in [0.15, 0.2) is 0 Å². The smallest absolute Gasteiger partial charge is 0.237 e. The highest BCUT2D eigenvalue weighted by Crippen LogP contribution is 2.29. The van der Waals surface area contributed by atoms with Gasteiger partial charge in [-0.25, -0.2) is 0 Å². The first-order valence-electron chi connectivity index (χ1n) is 7.77. The van der Waals surface area contributed by atoms with E-state index in [4.69, 9.17) is 4.74 Å². The molecule has 0 saturated carbocycles. The van der Waals surface area contributed by atoms with E-state index in [2.05, 4.69) is 35.6 Å². The van der Waals surface area contributed by atoms with Crippen LogP contribution in [0, 0.1) is 0 Å². The molecule has 0 heterocycles. The lowest BCUT2D eigenvalue weighted by Crippen LogP contribution is -2.22. The van der Waals surface area contributed by atoms with Crippen molar-refractivity contribution in [1.29, 1.82) is 0 Å². The van der Waals surface area contributed by atoms with Gasteiger partial charge in [0.25, 0.3) is 0 Å². The molecular weight excluding hydrogens is 318 g/mol. The van der Waals surface area contributed by atoms with Gasteiger partial charge in [0.1, 0.15) is 5.75 Å². The number of anilines is 1. The molecule has 0 saturated heterocycles. The third-order valence-corrected chi connectivity index (χ3v) is 4.86. The molecule has 0 bridgehead atoms. The Morgan fingerprint density at radius 3 is 2.50 bits per heavy atom. The summed E-state index contributed by atoms with van der Waals surface area (Å²) in [6, 6.07) is 21.9. The molecule has 3 nitrogen and oxygen atoms in total. The Labute approximate surface area is 146 Å². The molecule has 0 aliphatic heterocycles. The van der Waals surface area contributed by atoms with E-state index in [1.807, 2.05) is 43.3 Å².